The van der Waals surface area contributed by atoms with Crippen LogP contribution in [-0.2, 0) is 0 Å². The van der Waals surface area contributed by atoms with Crippen molar-refractivity contribution in [2.24, 2.45) is 0 Å². The second-order valence-corrected chi connectivity index (χ2v) is 4.54. The lowest BCUT2D eigenvalue weighted by molar-refractivity contribution is 0.318. The monoisotopic (exact) mass is 297 g/mol. The Morgan fingerprint density at radius 3 is 2.91 bits per heavy atom. The minimum absolute atomic E-state index is 0.0513. The predicted octanol–water partition coefficient (Wildman–Crippen LogP) is 2.22. The molecule has 0 aliphatic carbocycles. The number of nitrogens with one attached hydrogen (secondary N) is 1. The molecule has 112 valence electrons. The van der Waals surface area contributed by atoms with Crippen molar-refractivity contribution in [3.05, 3.63) is 50.9 Å². The van der Waals surface area contributed by atoms with E-state index in [1.807, 2.05) is 13.0 Å². The van der Waals surface area contributed by atoms with Gasteiger partial charge in [0.2, 0.25) is 0 Å². The maximum Gasteiger partial charge on any atom is 0.282 e. The van der Waals surface area contributed by atoms with E-state index in [0.29, 0.717) is 23.6 Å². The molecule has 0 radical (unpaired) electrons. The van der Waals surface area contributed by atoms with Crippen LogP contribution in [0.5, 0.6) is 11.5 Å². The van der Waals surface area contributed by atoms with Gasteiger partial charge >= 0.3 is 0 Å². The number of benzene rings is 1. The van der Waals surface area contributed by atoms with E-state index >= 15 is 0 Å². The molecule has 6 heteroatoms. The maximum atomic E-state index is 11.4. The van der Waals surface area contributed by atoms with E-state index in [2.05, 4.69) is 10.2 Å². The molecule has 0 fully saturated rings. The Labute approximate surface area is 127 Å². The minimum atomic E-state index is -0.500. The van der Waals surface area contributed by atoms with E-state index < -0.39 is 5.56 Å². The van der Waals surface area contributed by atoms with Gasteiger partial charge in [-0.3, -0.25) is 4.79 Å². The number of ether oxygens (including phenoxy) is 1. The zero-order valence-electron chi connectivity index (χ0n) is 12.3. The molecule has 0 aliphatic rings. The van der Waals surface area contributed by atoms with Gasteiger partial charge in [0.15, 0.2) is 11.5 Å². The molecular weight excluding hydrogens is 282 g/mol. The first-order valence-electron chi connectivity index (χ1n) is 6.70. The average molecular weight is 297 g/mol. The lowest BCUT2D eigenvalue weighted by Crippen LogP contribution is -2.15. The van der Waals surface area contributed by atoms with E-state index in [4.69, 9.17) is 10.00 Å². The fourth-order valence-corrected chi connectivity index (χ4v) is 1.93. The lowest BCUT2D eigenvalue weighted by Gasteiger charge is -2.06. The Morgan fingerprint density at radius 2 is 2.23 bits per heavy atom. The Kier molecular flexibility index (Phi) is 4.59. The highest BCUT2D eigenvalue weighted by atomic mass is 16.5. The highest BCUT2D eigenvalue weighted by Crippen LogP contribution is 2.27. The quantitative estimate of drug-likeness (QED) is 0.901. The van der Waals surface area contributed by atoms with Gasteiger partial charge in [-0.15, -0.1) is 0 Å². The molecule has 22 heavy (non-hydrogen) atoms. The number of aromatic amines is 1. The van der Waals surface area contributed by atoms with Gasteiger partial charge in [-0.25, -0.2) is 5.10 Å². The highest BCUT2D eigenvalue weighted by Gasteiger charge is 2.07. The van der Waals surface area contributed by atoms with Crippen LogP contribution >= 0.6 is 0 Å². The van der Waals surface area contributed by atoms with Gasteiger partial charge in [0, 0.05) is 0 Å². The van der Waals surface area contributed by atoms with E-state index in [9.17, 15) is 9.90 Å². The molecule has 0 unspecified atom stereocenters. The van der Waals surface area contributed by atoms with E-state index in [0.717, 1.165) is 5.56 Å². The Balaban J connectivity index is 2.36. The van der Waals surface area contributed by atoms with Gasteiger partial charge < -0.3 is 9.84 Å². The summed E-state index contributed by atoms with van der Waals surface area (Å²) in [5, 5.41) is 24.8. The van der Waals surface area contributed by atoms with Gasteiger partial charge in [-0.05, 0) is 43.2 Å². The molecule has 0 saturated carbocycles. The van der Waals surface area contributed by atoms with Crippen molar-refractivity contribution in [1.82, 2.24) is 10.2 Å². The summed E-state index contributed by atoms with van der Waals surface area (Å²) in [5.41, 5.74) is 1.37. The zero-order chi connectivity index (χ0) is 16.1. The average Bonchev–Trinajstić information content (AvgIpc) is 2.50. The number of aromatic hydroxyl groups is 1. The first-order chi connectivity index (χ1) is 10.6. The summed E-state index contributed by atoms with van der Waals surface area (Å²) >= 11 is 0. The third-order valence-electron chi connectivity index (χ3n) is 3.09. The number of phenolic OH excluding ortho intramolecular Hbond substituents is 1. The minimum Gasteiger partial charge on any atom is -0.504 e. The van der Waals surface area contributed by atoms with Crippen molar-refractivity contribution in [1.29, 1.82) is 5.26 Å². The van der Waals surface area contributed by atoms with Crippen LogP contribution in [-0.4, -0.2) is 21.9 Å². The Morgan fingerprint density at radius 1 is 1.45 bits per heavy atom. The summed E-state index contributed by atoms with van der Waals surface area (Å²) in [4.78, 5) is 11.4. The number of rotatable bonds is 4. The first-order valence-corrected chi connectivity index (χ1v) is 6.70. The van der Waals surface area contributed by atoms with Crippen LogP contribution in [0.1, 0.15) is 29.3 Å². The van der Waals surface area contributed by atoms with Crippen molar-refractivity contribution in [2.45, 2.75) is 13.8 Å². The second-order valence-electron chi connectivity index (χ2n) is 4.54. The summed E-state index contributed by atoms with van der Waals surface area (Å²) in [6.07, 6.45) is 3.45. The van der Waals surface area contributed by atoms with E-state index in [1.165, 1.54) is 0 Å². The van der Waals surface area contributed by atoms with Gasteiger partial charge in [0.25, 0.3) is 5.56 Å². The number of hydrogen-bond donors (Lipinski definition) is 2. The van der Waals surface area contributed by atoms with Crippen LogP contribution < -0.4 is 10.3 Å². The topological polar surface area (TPSA) is 99.0 Å². The second kappa shape index (κ2) is 6.59. The van der Waals surface area contributed by atoms with E-state index in [-0.39, 0.29) is 11.3 Å². The predicted molar refractivity (Wildman–Crippen MR) is 82.5 cm³/mol. The van der Waals surface area contributed by atoms with Gasteiger partial charge in [-0.1, -0.05) is 12.1 Å². The van der Waals surface area contributed by atoms with Crippen molar-refractivity contribution in [3.8, 4) is 17.6 Å². The van der Waals surface area contributed by atoms with Crippen LogP contribution in [0.25, 0.3) is 12.2 Å². The number of hydrogen-bond acceptors (Lipinski definition) is 5. The number of H-pyrrole nitrogens is 1. The molecule has 2 rings (SSSR count). The van der Waals surface area contributed by atoms with Crippen molar-refractivity contribution >= 4 is 12.2 Å². The standard InChI is InChI=1S/C16H15N3O3/c1-3-22-15-8-11(5-7-14(15)20)4-6-13-10(2)12(9-17)16(21)19-18-13/h4-8,20H,3H2,1-2H3,(H,19,21)/b6-4+. The summed E-state index contributed by atoms with van der Waals surface area (Å²) in [6, 6.07) is 6.82. The third-order valence-corrected chi connectivity index (χ3v) is 3.09. The number of nitrogens with zero attached hydrogens (tertiary/aromatic N) is 2. The molecule has 2 aromatic rings. The molecule has 6 nitrogen and oxygen atoms in total. The third kappa shape index (κ3) is 3.15. The molecule has 0 aliphatic heterocycles. The molecule has 1 aromatic carbocycles. The fourth-order valence-electron chi connectivity index (χ4n) is 1.93. The van der Waals surface area contributed by atoms with Gasteiger partial charge in [-0.2, -0.15) is 10.4 Å². The summed E-state index contributed by atoms with van der Waals surface area (Å²) < 4.78 is 5.32. The van der Waals surface area contributed by atoms with E-state index in [1.54, 1.807) is 37.3 Å². The fraction of sp³-hybridized carbons (Fsp3) is 0.188. The maximum absolute atomic E-state index is 11.4. The Hall–Kier alpha value is -3.07. The summed E-state index contributed by atoms with van der Waals surface area (Å²) in [7, 11) is 0. The normalized spacial score (nSPS) is 10.6. The molecular formula is C16H15N3O3. The smallest absolute Gasteiger partial charge is 0.282 e. The number of phenols is 1. The summed E-state index contributed by atoms with van der Waals surface area (Å²) in [6.45, 7) is 3.95. The first kappa shape index (κ1) is 15.3. The zero-order valence-corrected chi connectivity index (χ0v) is 12.3. The molecule has 0 spiro atoms. The molecule has 0 bridgehead atoms. The van der Waals surface area contributed by atoms with Crippen molar-refractivity contribution in [2.75, 3.05) is 6.61 Å². The number of nitriles is 1. The van der Waals surface area contributed by atoms with Crippen LogP contribution in [0, 0.1) is 18.3 Å². The highest BCUT2D eigenvalue weighted by molar-refractivity contribution is 5.71. The van der Waals surface area contributed by atoms with Crippen LogP contribution in [0.15, 0.2) is 23.0 Å². The summed E-state index contributed by atoms with van der Waals surface area (Å²) in [5.74, 6) is 0.470. The van der Waals surface area contributed by atoms with Gasteiger partial charge in [0.05, 0.1) is 12.3 Å². The number of aromatic nitrogens is 2. The van der Waals surface area contributed by atoms with Crippen LogP contribution in [0.3, 0.4) is 0 Å². The van der Waals surface area contributed by atoms with Gasteiger partial charge in [0.1, 0.15) is 11.6 Å². The van der Waals surface area contributed by atoms with Crippen LogP contribution in [0.2, 0.25) is 0 Å². The van der Waals surface area contributed by atoms with Crippen molar-refractivity contribution < 1.29 is 9.84 Å². The molecule has 2 N–H and O–H groups in total. The van der Waals surface area contributed by atoms with Crippen molar-refractivity contribution in [3.63, 3.8) is 0 Å². The molecule has 0 atom stereocenters. The Bertz CT molecular complexity index is 816. The molecule has 1 aromatic heterocycles. The molecule has 0 saturated heterocycles. The SMILES string of the molecule is CCOc1cc(/C=C/c2n[nH]c(=O)c(C#N)c2C)ccc1O. The molecule has 0 amide bonds. The largest absolute Gasteiger partial charge is 0.504 e. The lowest BCUT2D eigenvalue weighted by atomic mass is 10.1. The van der Waals surface area contributed by atoms with Crippen LogP contribution in [0.4, 0.5) is 0 Å². The molecule has 1 heterocycles.